The van der Waals surface area contributed by atoms with Gasteiger partial charge in [0.2, 0.25) is 0 Å². The largest absolute Gasteiger partial charge is 0.363 e. The summed E-state index contributed by atoms with van der Waals surface area (Å²) in [7, 11) is 0. The molecule has 4 nitrogen and oxygen atoms in total. The fraction of sp³-hybridized carbons (Fsp3) is 0.474. The van der Waals surface area contributed by atoms with Gasteiger partial charge < -0.3 is 5.32 Å². The molecule has 124 valence electrons. The van der Waals surface area contributed by atoms with Crippen LogP contribution in [0, 0.1) is 12.3 Å². The van der Waals surface area contributed by atoms with Crippen LogP contribution in [0.3, 0.4) is 0 Å². The fourth-order valence-electron chi connectivity index (χ4n) is 3.32. The van der Waals surface area contributed by atoms with Crippen LogP contribution in [0.25, 0.3) is 0 Å². The molecular formula is C19H27N3O. The molecule has 2 rings (SSSR count). The number of allylic oxidation sites excluding steroid dienone is 3. The standard InChI is InChI=1S/C19H27N3O/c1-7-9-15(10-8-2)16-11-19(5,6)12-22-18(20-16)17(14(4)23)13(3)21-22/h7-10,16,20H,1,11-12H2,2-6H3/b10-8-,15-9+/t16-/m1/s1. The van der Waals surface area contributed by atoms with E-state index in [1.807, 2.05) is 36.8 Å². The van der Waals surface area contributed by atoms with Crippen LogP contribution in [-0.2, 0) is 6.54 Å². The number of carbonyl (C=O) groups excluding carboxylic acids is 1. The van der Waals surface area contributed by atoms with Crippen molar-refractivity contribution in [1.82, 2.24) is 9.78 Å². The Bertz CT molecular complexity index is 677. The lowest BCUT2D eigenvalue weighted by Gasteiger charge is -2.27. The highest BCUT2D eigenvalue weighted by molar-refractivity contribution is 6.00. The Morgan fingerprint density at radius 3 is 2.74 bits per heavy atom. The van der Waals surface area contributed by atoms with Gasteiger partial charge in [0.15, 0.2) is 5.78 Å². The molecule has 2 heterocycles. The van der Waals surface area contributed by atoms with E-state index in [1.54, 1.807) is 6.92 Å². The molecule has 1 aromatic rings. The van der Waals surface area contributed by atoms with Crippen molar-refractivity contribution in [1.29, 1.82) is 0 Å². The molecule has 1 aromatic heterocycles. The zero-order valence-electron chi connectivity index (χ0n) is 14.8. The number of fused-ring (bicyclic) bond motifs is 1. The predicted molar refractivity (Wildman–Crippen MR) is 95.9 cm³/mol. The topological polar surface area (TPSA) is 46.9 Å². The summed E-state index contributed by atoms with van der Waals surface area (Å²) in [6.07, 6.45) is 8.92. The zero-order valence-corrected chi connectivity index (χ0v) is 14.8. The Morgan fingerprint density at radius 1 is 1.48 bits per heavy atom. The van der Waals surface area contributed by atoms with Crippen LogP contribution in [0.2, 0.25) is 0 Å². The summed E-state index contributed by atoms with van der Waals surface area (Å²) in [6, 6.07) is 0.120. The van der Waals surface area contributed by atoms with Gasteiger partial charge in [-0.05, 0) is 38.2 Å². The quantitative estimate of drug-likeness (QED) is 0.666. The molecule has 0 unspecified atom stereocenters. The van der Waals surface area contributed by atoms with Crippen molar-refractivity contribution in [3.05, 3.63) is 47.7 Å². The summed E-state index contributed by atoms with van der Waals surface area (Å²) < 4.78 is 1.95. The second-order valence-electron chi connectivity index (χ2n) is 6.99. The number of aromatic nitrogens is 2. The third kappa shape index (κ3) is 3.63. The number of aryl methyl sites for hydroxylation is 1. The average molecular weight is 313 g/mol. The molecule has 0 saturated heterocycles. The van der Waals surface area contributed by atoms with Crippen molar-refractivity contribution in [3.63, 3.8) is 0 Å². The maximum atomic E-state index is 12.1. The number of anilines is 1. The first-order valence-electron chi connectivity index (χ1n) is 8.09. The van der Waals surface area contributed by atoms with Crippen LogP contribution in [0.5, 0.6) is 0 Å². The van der Waals surface area contributed by atoms with Gasteiger partial charge >= 0.3 is 0 Å². The Balaban J connectivity index is 2.55. The summed E-state index contributed by atoms with van der Waals surface area (Å²) in [5.41, 5.74) is 2.72. The van der Waals surface area contributed by atoms with E-state index in [2.05, 4.69) is 36.9 Å². The molecule has 1 atom stereocenters. The molecule has 0 amide bonds. The van der Waals surface area contributed by atoms with Gasteiger partial charge in [-0.15, -0.1) is 0 Å². The van der Waals surface area contributed by atoms with Gasteiger partial charge in [0.25, 0.3) is 0 Å². The first-order chi connectivity index (χ1) is 10.8. The maximum Gasteiger partial charge on any atom is 0.165 e. The molecule has 1 aliphatic rings. The number of hydrogen-bond donors (Lipinski definition) is 1. The molecule has 0 radical (unpaired) electrons. The van der Waals surface area contributed by atoms with Crippen LogP contribution in [0.15, 0.2) is 36.5 Å². The summed E-state index contributed by atoms with van der Waals surface area (Å²) >= 11 is 0. The van der Waals surface area contributed by atoms with E-state index in [1.165, 1.54) is 0 Å². The third-order valence-electron chi connectivity index (χ3n) is 4.20. The molecule has 23 heavy (non-hydrogen) atoms. The van der Waals surface area contributed by atoms with Gasteiger partial charge in [0.1, 0.15) is 5.82 Å². The van der Waals surface area contributed by atoms with Gasteiger partial charge in [-0.1, -0.05) is 44.7 Å². The third-order valence-corrected chi connectivity index (χ3v) is 4.20. The lowest BCUT2D eigenvalue weighted by Crippen LogP contribution is -2.27. The van der Waals surface area contributed by atoms with E-state index in [0.29, 0.717) is 5.56 Å². The van der Waals surface area contributed by atoms with Crippen molar-refractivity contribution >= 4 is 11.6 Å². The first kappa shape index (κ1) is 17.3. The lowest BCUT2D eigenvalue weighted by atomic mass is 9.83. The van der Waals surface area contributed by atoms with Gasteiger partial charge in [0, 0.05) is 6.54 Å². The second-order valence-corrected chi connectivity index (χ2v) is 6.99. The van der Waals surface area contributed by atoms with E-state index >= 15 is 0 Å². The summed E-state index contributed by atoms with van der Waals surface area (Å²) in [4.78, 5) is 12.1. The van der Waals surface area contributed by atoms with Crippen molar-refractivity contribution in [2.75, 3.05) is 5.32 Å². The van der Waals surface area contributed by atoms with Crippen LogP contribution < -0.4 is 5.32 Å². The predicted octanol–water partition coefficient (Wildman–Crippen LogP) is 4.29. The first-order valence-corrected chi connectivity index (χ1v) is 8.09. The van der Waals surface area contributed by atoms with Gasteiger partial charge in [0.05, 0.1) is 17.3 Å². The SMILES string of the molecule is C=C/C=C(\C=C/C)[C@H]1CC(C)(C)Cn2nc(C)c(C(C)=O)c2N1. The van der Waals surface area contributed by atoms with Crippen molar-refractivity contribution in [2.24, 2.45) is 5.41 Å². The highest BCUT2D eigenvalue weighted by atomic mass is 16.1. The van der Waals surface area contributed by atoms with Crippen molar-refractivity contribution < 1.29 is 4.79 Å². The minimum absolute atomic E-state index is 0.0509. The number of Topliss-reactive ketones (excluding diaryl/α,β-unsaturated/α-hetero) is 1. The minimum atomic E-state index is 0.0509. The number of nitrogens with one attached hydrogen (secondary N) is 1. The van der Waals surface area contributed by atoms with Crippen LogP contribution in [0.4, 0.5) is 5.82 Å². The number of hydrogen-bond acceptors (Lipinski definition) is 3. The molecule has 0 aromatic carbocycles. The number of rotatable bonds is 4. The smallest absolute Gasteiger partial charge is 0.165 e. The van der Waals surface area contributed by atoms with Crippen LogP contribution in [0.1, 0.15) is 50.2 Å². The van der Waals surface area contributed by atoms with Gasteiger partial charge in [-0.25, -0.2) is 4.68 Å². The highest BCUT2D eigenvalue weighted by Gasteiger charge is 2.33. The molecule has 0 aliphatic carbocycles. The van der Waals surface area contributed by atoms with E-state index < -0.39 is 0 Å². The molecule has 0 spiro atoms. The highest BCUT2D eigenvalue weighted by Crippen LogP contribution is 2.36. The number of ketones is 1. The molecule has 1 N–H and O–H groups in total. The average Bonchev–Trinajstić information content (AvgIpc) is 2.65. The molecule has 0 bridgehead atoms. The monoisotopic (exact) mass is 313 g/mol. The zero-order chi connectivity index (χ0) is 17.2. The van der Waals surface area contributed by atoms with E-state index in [-0.39, 0.29) is 17.2 Å². The Kier molecular flexibility index (Phi) is 4.93. The number of carbonyl (C=O) groups is 1. The second kappa shape index (κ2) is 6.57. The van der Waals surface area contributed by atoms with E-state index in [0.717, 1.165) is 30.1 Å². The van der Waals surface area contributed by atoms with E-state index in [4.69, 9.17) is 0 Å². The summed E-state index contributed by atoms with van der Waals surface area (Å²) in [6.45, 7) is 14.6. The Morgan fingerprint density at radius 2 is 2.17 bits per heavy atom. The fourth-order valence-corrected chi connectivity index (χ4v) is 3.32. The van der Waals surface area contributed by atoms with Crippen LogP contribution >= 0.6 is 0 Å². The molecular weight excluding hydrogens is 286 g/mol. The van der Waals surface area contributed by atoms with Crippen molar-refractivity contribution in [3.8, 4) is 0 Å². The molecule has 1 aliphatic heterocycles. The lowest BCUT2D eigenvalue weighted by molar-refractivity contribution is 0.101. The Hall–Kier alpha value is -2.10. The summed E-state index contributed by atoms with van der Waals surface area (Å²) in [5, 5.41) is 8.16. The van der Waals surface area contributed by atoms with Crippen LogP contribution in [-0.4, -0.2) is 21.6 Å². The van der Waals surface area contributed by atoms with Gasteiger partial charge in [-0.2, -0.15) is 5.10 Å². The molecule has 0 saturated carbocycles. The number of nitrogens with zero attached hydrogens (tertiary/aromatic N) is 2. The maximum absolute atomic E-state index is 12.1. The van der Waals surface area contributed by atoms with Crippen molar-refractivity contribution in [2.45, 2.75) is 53.6 Å². The summed E-state index contributed by atoms with van der Waals surface area (Å²) in [5.74, 6) is 0.889. The normalized spacial score (nSPS) is 20.7. The Labute approximate surface area is 139 Å². The molecule has 0 fully saturated rings. The van der Waals surface area contributed by atoms with E-state index in [9.17, 15) is 4.79 Å². The van der Waals surface area contributed by atoms with Gasteiger partial charge in [-0.3, -0.25) is 4.79 Å². The minimum Gasteiger partial charge on any atom is -0.363 e. The molecule has 4 heteroatoms.